The van der Waals surface area contributed by atoms with Crippen LogP contribution in [0.15, 0.2) is 72.8 Å². The van der Waals surface area contributed by atoms with Crippen molar-refractivity contribution < 1.29 is 28.9 Å². The standard InChI is InChI=1S/C26H26N2O6S/c1-2-32-23(29)16-34-22-13-12-20(33-15-17-6-4-3-5-7-17)14-21(22)24(26(30)31)28-19-10-8-18(9-11-19)25(27)35/h3-14,24,28H,2,15-16H2,1H3,(H2,27,35)(H,30,31)/p-1. The number of anilines is 1. The molecule has 0 aliphatic rings. The summed E-state index contributed by atoms with van der Waals surface area (Å²) in [4.78, 5) is 24.2. The van der Waals surface area contributed by atoms with Crippen LogP contribution >= 0.6 is 12.2 Å². The number of carbonyl (C=O) groups is 2. The van der Waals surface area contributed by atoms with Crippen molar-refractivity contribution in [3.8, 4) is 11.5 Å². The molecule has 0 bridgehead atoms. The number of esters is 1. The third-order valence-electron chi connectivity index (χ3n) is 4.91. The number of carboxylic acids is 1. The van der Waals surface area contributed by atoms with Crippen molar-refractivity contribution in [1.82, 2.24) is 0 Å². The van der Waals surface area contributed by atoms with Crippen LogP contribution in [-0.2, 0) is 20.9 Å². The lowest BCUT2D eigenvalue weighted by Gasteiger charge is -2.24. The molecule has 3 aromatic carbocycles. The monoisotopic (exact) mass is 493 g/mol. The lowest BCUT2D eigenvalue weighted by atomic mass is 10.0. The quantitative estimate of drug-likeness (QED) is 0.290. The maximum absolute atomic E-state index is 12.2. The van der Waals surface area contributed by atoms with Gasteiger partial charge in [0, 0.05) is 16.8 Å². The molecule has 35 heavy (non-hydrogen) atoms. The molecule has 1 atom stereocenters. The molecule has 0 aromatic heterocycles. The van der Waals surface area contributed by atoms with Crippen LogP contribution in [0.3, 0.4) is 0 Å². The molecular formula is C26H25N2O6S-. The van der Waals surface area contributed by atoms with Crippen LogP contribution < -0.4 is 25.6 Å². The Kier molecular flexibility index (Phi) is 9.02. The molecule has 0 fully saturated rings. The molecule has 3 rings (SSSR count). The zero-order valence-electron chi connectivity index (χ0n) is 19.1. The smallest absolute Gasteiger partial charge is 0.344 e. The van der Waals surface area contributed by atoms with Crippen LogP contribution in [0.1, 0.15) is 29.7 Å². The van der Waals surface area contributed by atoms with Crippen molar-refractivity contribution in [2.75, 3.05) is 18.5 Å². The van der Waals surface area contributed by atoms with E-state index in [-0.39, 0.29) is 36.1 Å². The molecule has 0 saturated heterocycles. The Morgan fingerprint density at radius 3 is 2.37 bits per heavy atom. The highest BCUT2D eigenvalue weighted by Crippen LogP contribution is 2.32. The van der Waals surface area contributed by atoms with Crippen LogP contribution in [-0.4, -0.2) is 30.1 Å². The van der Waals surface area contributed by atoms with E-state index in [1.165, 1.54) is 0 Å². The van der Waals surface area contributed by atoms with E-state index in [0.717, 1.165) is 5.56 Å². The van der Waals surface area contributed by atoms with Gasteiger partial charge in [0.25, 0.3) is 0 Å². The number of hydrogen-bond donors (Lipinski definition) is 2. The van der Waals surface area contributed by atoms with Gasteiger partial charge in [-0.15, -0.1) is 0 Å². The molecule has 0 amide bonds. The highest BCUT2D eigenvalue weighted by Gasteiger charge is 2.20. The first-order valence-corrected chi connectivity index (χ1v) is 11.2. The van der Waals surface area contributed by atoms with Crippen molar-refractivity contribution in [3.63, 3.8) is 0 Å². The van der Waals surface area contributed by atoms with Gasteiger partial charge < -0.3 is 35.2 Å². The SMILES string of the molecule is CCOC(=O)COc1ccc(OCc2ccccc2)cc1C(Nc1ccc(C(N)=S)cc1)C(=O)[O-]. The number of hydrogen-bond acceptors (Lipinski definition) is 8. The van der Waals surface area contributed by atoms with Crippen LogP contribution in [0.4, 0.5) is 5.69 Å². The Balaban J connectivity index is 1.89. The van der Waals surface area contributed by atoms with Crippen molar-refractivity contribution in [2.24, 2.45) is 5.73 Å². The summed E-state index contributed by atoms with van der Waals surface area (Å²) in [5, 5.41) is 15.1. The lowest BCUT2D eigenvalue weighted by Crippen LogP contribution is -2.34. The van der Waals surface area contributed by atoms with Crippen LogP contribution in [0.2, 0.25) is 0 Å². The van der Waals surface area contributed by atoms with Crippen LogP contribution in [0.5, 0.6) is 11.5 Å². The number of benzene rings is 3. The molecular weight excluding hydrogens is 468 g/mol. The van der Waals surface area contributed by atoms with Gasteiger partial charge in [0.2, 0.25) is 0 Å². The van der Waals surface area contributed by atoms with Gasteiger partial charge in [-0.3, -0.25) is 0 Å². The molecule has 0 saturated carbocycles. The van der Waals surface area contributed by atoms with Crippen molar-refractivity contribution in [2.45, 2.75) is 19.6 Å². The highest BCUT2D eigenvalue weighted by molar-refractivity contribution is 7.80. The number of thiocarbonyl (C=S) groups is 1. The minimum Gasteiger partial charge on any atom is -0.548 e. The van der Waals surface area contributed by atoms with Crippen LogP contribution in [0.25, 0.3) is 0 Å². The molecule has 9 heteroatoms. The molecule has 0 aliphatic heterocycles. The summed E-state index contributed by atoms with van der Waals surface area (Å²) in [5.41, 5.74) is 7.93. The maximum atomic E-state index is 12.2. The minimum atomic E-state index is -1.40. The molecule has 0 aliphatic carbocycles. The van der Waals surface area contributed by atoms with Crippen molar-refractivity contribution >= 4 is 34.8 Å². The van der Waals surface area contributed by atoms with Gasteiger partial charge in [0.05, 0.1) is 18.6 Å². The molecule has 182 valence electrons. The van der Waals surface area contributed by atoms with Gasteiger partial charge in [0.1, 0.15) is 23.1 Å². The van der Waals surface area contributed by atoms with Crippen molar-refractivity contribution in [3.05, 3.63) is 89.5 Å². The van der Waals surface area contributed by atoms with E-state index in [4.69, 9.17) is 32.2 Å². The second kappa shape index (κ2) is 12.4. The highest BCUT2D eigenvalue weighted by atomic mass is 32.1. The van der Waals surface area contributed by atoms with E-state index in [0.29, 0.717) is 17.0 Å². The fourth-order valence-electron chi connectivity index (χ4n) is 3.21. The minimum absolute atomic E-state index is 0.173. The lowest BCUT2D eigenvalue weighted by molar-refractivity contribution is -0.307. The number of nitrogens with two attached hydrogens (primary N) is 1. The Bertz CT molecular complexity index is 1170. The summed E-state index contributed by atoms with van der Waals surface area (Å²) >= 11 is 4.96. The fraction of sp³-hybridized carbons (Fsp3) is 0.192. The van der Waals surface area contributed by atoms with Crippen molar-refractivity contribution in [1.29, 1.82) is 0 Å². The van der Waals surface area contributed by atoms with Gasteiger partial charge in [-0.1, -0.05) is 42.5 Å². The normalized spacial score (nSPS) is 11.2. The predicted octanol–water partition coefficient (Wildman–Crippen LogP) is 2.74. The first kappa shape index (κ1) is 25.5. The average Bonchev–Trinajstić information content (AvgIpc) is 2.86. The van der Waals surface area contributed by atoms with E-state index in [1.807, 2.05) is 30.3 Å². The number of carboxylic acid groups (broad SMARTS) is 1. The molecule has 0 spiro atoms. The third kappa shape index (κ3) is 7.44. The number of carbonyl (C=O) groups excluding carboxylic acids is 2. The Labute approximate surface area is 208 Å². The molecule has 3 aromatic rings. The van der Waals surface area contributed by atoms with Gasteiger partial charge in [-0.05, 0) is 55.0 Å². The predicted molar refractivity (Wildman–Crippen MR) is 133 cm³/mol. The Hall–Kier alpha value is -4.11. The van der Waals surface area contributed by atoms with E-state index in [2.05, 4.69) is 5.32 Å². The third-order valence-corrected chi connectivity index (χ3v) is 5.14. The number of ether oxygens (including phenoxy) is 3. The molecule has 1 unspecified atom stereocenters. The zero-order valence-corrected chi connectivity index (χ0v) is 19.9. The fourth-order valence-corrected chi connectivity index (χ4v) is 3.35. The molecule has 0 radical (unpaired) electrons. The number of nitrogens with one attached hydrogen (secondary N) is 1. The average molecular weight is 494 g/mol. The second-order valence-corrected chi connectivity index (χ2v) is 7.85. The maximum Gasteiger partial charge on any atom is 0.344 e. The second-order valence-electron chi connectivity index (χ2n) is 7.41. The largest absolute Gasteiger partial charge is 0.548 e. The summed E-state index contributed by atoms with van der Waals surface area (Å²) < 4.78 is 16.3. The van der Waals surface area contributed by atoms with Gasteiger partial charge in [-0.2, -0.15) is 0 Å². The van der Waals surface area contributed by atoms with E-state index in [1.54, 1.807) is 49.4 Å². The summed E-state index contributed by atoms with van der Waals surface area (Å²) in [6.07, 6.45) is 0. The topological polar surface area (TPSA) is 123 Å². The molecule has 0 heterocycles. The Morgan fingerprint density at radius 1 is 1.03 bits per heavy atom. The van der Waals surface area contributed by atoms with Gasteiger partial charge in [0.15, 0.2) is 6.61 Å². The van der Waals surface area contributed by atoms with Crippen LogP contribution in [0, 0.1) is 0 Å². The summed E-state index contributed by atoms with van der Waals surface area (Å²) in [6.45, 7) is 1.79. The molecule has 8 nitrogen and oxygen atoms in total. The first-order chi connectivity index (χ1) is 16.9. The van der Waals surface area contributed by atoms with Gasteiger partial charge in [-0.25, -0.2) is 4.79 Å². The van der Waals surface area contributed by atoms with Gasteiger partial charge >= 0.3 is 5.97 Å². The summed E-state index contributed by atoms with van der Waals surface area (Å²) in [7, 11) is 0. The zero-order chi connectivity index (χ0) is 25.2. The van der Waals surface area contributed by atoms with E-state index < -0.39 is 18.0 Å². The van der Waals surface area contributed by atoms with E-state index >= 15 is 0 Å². The summed E-state index contributed by atoms with van der Waals surface area (Å²) in [6, 6.07) is 19.6. The van der Waals surface area contributed by atoms with E-state index in [9.17, 15) is 14.7 Å². The first-order valence-electron chi connectivity index (χ1n) is 10.8. The summed E-state index contributed by atoms with van der Waals surface area (Å²) in [5.74, 6) is -1.38. The number of rotatable bonds is 12. The Morgan fingerprint density at radius 2 is 1.74 bits per heavy atom. The molecule has 3 N–H and O–H groups in total. The number of aliphatic carboxylic acids is 1.